The van der Waals surface area contributed by atoms with Crippen molar-refractivity contribution in [2.75, 3.05) is 7.11 Å². The summed E-state index contributed by atoms with van der Waals surface area (Å²) in [6.45, 7) is 9.40. The van der Waals surface area contributed by atoms with Gasteiger partial charge in [-0.05, 0) is 57.9 Å². The third-order valence-electron chi connectivity index (χ3n) is 2.30. The van der Waals surface area contributed by atoms with Crippen LogP contribution in [0.3, 0.4) is 0 Å². The first-order chi connectivity index (χ1) is 7.74. The summed E-state index contributed by atoms with van der Waals surface area (Å²) < 4.78 is 10.6. The fourth-order valence-electron chi connectivity index (χ4n) is 1.73. The van der Waals surface area contributed by atoms with Crippen LogP contribution in [0, 0.1) is 13.8 Å². The molecule has 0 aliphatic carbocycles. The highest BCUT2D eigenvalue weighted by Gasteiger charge is 2.19. The third-order valence-corrected chi connectivity index (χ3v) is 2.30. The topological polar surface area (TPSA) is 35.5 Å². The molecule has 3 nitrogen and oxygen atoms in total. The third kappa shape index (κ3) is 3.48. The van der Waals surface area contributed by atoms with Crippen molar-refractivity contribution in [2.24, 2.45) is 0 Å². The molecule has 3 heteroatoms. The molecule has 0 spiro atoms. The van der Waals surface area contributed by atoms with Gasteiger partial charge in [0.05, 0.1) is 12.7 Å². The number of methoxy groups -OCH3 is 1. The molecule has 94 valence electrons. The van der Waals surface area contributed by atoms with E-state index < -0.39 is 5.60 Å². The van der Waals surface area contributed by atoms with Crippen LogP contribution in [-0.2, 0) is 4.74 Å². The average Bonchev–Trinajstić information content (AvgIpc) is 2.14. The molecular weight excluding hydrogens is 216 g/mol. The molecule has 0 saturated heterocycles. The predicted molar refractivity (Wildman–Crippen MR) is 67.6 cm³/mol. The van der Waals surface area contributed by atoms with Crippen LogP contribution in [0.4, 0.5) is 0 Å². The van der Waals surface area contributed by atoms with E-state index in [1.807, 2.05) is 34.6 Å². The van der Waals surface area contributed by atoms with E-state index in [1.165, 1.54) is 0 Å². The normalized spacial score (nSPS) is 11.2. The van der Waals surface area contributed by atoms with Crippen LogP contribution in [0.15, 0.2) is 12.1 Å². The number of rotatable bonds is 2. The first-order valence-electron chi connectivity index (χ1n) is 5.63. The van der Waals surface area contributed by atoms with E-state index in [-0.39, 0.29) is 5.97 Å². The Kier molecular flexibility index (Phi) is 3.81. The lowest BCUT2D eigenvalue weighted by Crippen LogP contribution is -2.24. The van der Waals surface area contributed by atoms with Crippen molar-refractivity contribution in [1.82, 2.24) is 0 Å². The van der Waals surface area contributed by atoms with E-state index in [0.717, 1.165) is 16.9 Å². The van der Waals surface area contributed by atoms with E-state index in [4.69, 9.17) is 9.47 Å². The van der Waals surface area contributed by atoms with Crippen LogP contribution in [-0.4, -0.2) is 18.7 Å². The average molecular weight is 236 g/mol. The summed E-state index contributed by atoms with van der Waals surface area (Å²) in [7, 11) is 1.63. The van der Waals surface area contributed by atoms with Crippen molar-refractivity contribution < 1.29 is 14.3 Å². The number of benzene rings is 1. The molecule has 1 rings (SSSR count). The van der Waals surface area contributed by atoms with Crippen LogP contribution in [0.2, 0.25) is 0 Å². The lowest BCUT2D eigenvalue weighted by atomic mass is 10.1. The molecule has 0 aromatic heterocycles. The van der Waals surface area contributed by atoms with Crippen molar-refractivity contribution in [3.05, 3.63) is 28.8 Å². The Morgan fingerprint density at radius 3 is 1.94 bits per heavy atom. The highest BCUT2D eigenvalue weighted by atomic mass is 16.6. The fourth-order valence-corrected chi connectivity index (χ4v) is 1.73. The van der Waals surface area contributed by atoms with Gasteiger partial charge in [0.2, 0.25) is 0 Å². The molecule has 0 radical (unpaired) electrons. The molecule has 0 N–H and O–H groups in total. The number of ether oxygens (including phenoxy) is 2. The minimum absolute atomic E-state index is 0.300. The molecule has 0 saturated carbocycles. The number of esters is 1. The van der Waals surface area contributed by atoms with Crippen LogP contribution in [0.1, 0.15) is 42.3 Å². The van der Waals surface area contributed by atoms with Gasteiger partial charge in [-0.1, -0.05) is 0 Å². The maximum absolute atomic E-state index is 11.9. The number of hydrogen-bond donors (Lipinski definition) is 0. The fraction of sp³-hybridized carbons (Fsp3) is 0.500. The van der Waals surface area contributed by atoms with Crippen LogP contribution < -0.4 is 4.74 Å². The van der Waals surface area contributed by atoms with Crippen LogP contribution in [0.5, 0.6) is 5.75 Å². The Balaban J connectivity index is 3.05. The number of hydrogen-bond acceptors (Lipinski definition) is 3. The van der Waals surface area contributed by atoms with Gasteiger partial charge in [0, 0.05) is 0 Å². The van der Waals surface area contributed by atoms with Gasteiger partial charge in [-0.3, -0.25) is 0 Å². The van der Waals surface area contributed by atoms with Gasteiger partial charge in [0.1, 0.15) is 11.4 Å². The number of carbonyl (C=O) groups is 1. The summed E-state index contributed by atoms with van der Waals surface area (Å²) in [5.41, 5.74) is 1.97. The lowest BCUT2D eigenvalue weighted by molar-refractivity contribution is 0.00693. The summed E-state index contributed by atoms with van der Waals surface area (Å²) in [6.07, 6.45) is 0. The van der Waals surface area contributed by atoms with Crippen molar-refractivity contribution in [3.63, 3.8) is 0 Å². The van der Waals surface area contributed by atoms with Gasteiger partial charge in [0.25, 0.3) is 0 Å². The second-order valence-electron chi connectivity index (χ2n) is 5.15. The highest BCUT2D eigenvalue weighted by Crippen LogP contribution is 2.25. The molecule has 1 aromatic carbocycles. The van der Waals surface area contributed by atoms with E-state index in [1.54, 1.807) is 19.2 Å². The van der Waals surface area contributed by atoms with Gasteiger partial charge < -0.3 is 9.47 Å². The van der Waals surface area contributed by atoms with Crippen molar-refractivity contribution >= 4 is 5.97 Å². The highest BCUT2D eigenvalue weighted by molar-refractivity contribution is 5.90. The molecule has 0 aliphatic rings. The Bertz CT molecular complexity index is 405. The predicted octanol–water partition coefficient (Wildman–Crippen LogP) is 3.27. The van der Waals surface area contributed by atoms with Gasteiger partial charge in [0.15, 0.2) is 0 Å². The quantitative estimate of drug-likeness (QED) is 0.739. The molecule has 0 heterocycles. The second kappa shape index (κ2) is 4.78. The summed E-state index contributed by atoms with van der Waals surface area (Å²) >= 11 is 0. The maximum Gasteiger partial charge on any atom is 0.338 e. The van der Waals surface area contributed by atoms with Gasteiger partial charge >= 0.3 is 5.97 Å². The molecule has 0 atom stereocenters. The van der Waals surface area contributed by atoms with Gasteiger partial charge in [-0.2, -0.15) is 0 Å². The summed E-state index contributed by atoms with van der Waals surface area (Å²) in [6, 6.07) is 3.58. The van der Waals surface area contributed by atoms with E-state index >= 15 is 0 Å². The summed E-state index contributed by atoms with van der Waals surface area (Å²) in [5.74, 6) is 0.517. The largest absolute Gasteiger partial charge is 0.496 e. The monoisotopic (exact) mass is 236 g/mol. The SMILES string of the molecule is COc1c(C)cc(C(=O)OC(C)(C)C)cc1C. The molecule has 0 unspecified atom stereocenters. The molecular formula is C14H20O3. The van der Waals surface area contributed by atoms with E-state index in [0.29, 0.717) is 5.56 Å². The molecule has 0 bridgehead atoms. The minimum atomic E-state index is -0.473. The van der Waals surface area contributed by atoms with Crippen LogP contribution >= 0.6 is 0 Å². The molecule has 17 heavy (non-hydrogen) atoms. The first-order valence-corrected chi connectivity index (χ1v) is 5.63. The molecule has 0 fully saturated rings. The zero-order chi connectivity index (χ0) is 13.2. The van der Waals surface area contributed by atoms with Crippen molar-refractivity contribution in [3.8, 4) is 5.75 Å². The summed E-state index contributed by atoms with van der Waals surface area (Å²) in [4.78, 5) is 11.9. The van der Waals surface area contributed by atoms with Crippen molar-refractivity contribution in [2.45, 2.75) is 40.2 Å². The minimum Gasteiger partial charge on any atom is -0.496 e. The maximum atomic E-state index is 11.9. The molecule has 1 aromatic rings. The second-order valence-corrected chi connectivity index (χ2v) is 5.15. The van der Waals surface area contributed by atoms with E-state index in [9.17, 15) is 4.79 Å². The number of aryl methyl sites for hydroxylation is 2. The van der Waals surface area contributed by atoms with E-state index in [2.05, 4.69) is 0 Å². The Morgan fingerprint density at radius 1 is 1.12 bits per heavy atom. The standard InChI is InChI=1S/C14H20O3/c1-9-7-11(8-10(2)12(9)16-6)13(15)17-14(3,4)5/h7-8H,1-6H3. The number of carbonyl (C=O) groups excluding carboxylic acids is 1. The summed E-state index contributed by atoms with van der Waals surface area (Å²) in [5, 5.41) is 0. The van der Waals surface area contributed by atoms with Crippen LogP contribution in [0.25, 0.3) is 0 Å². The molecule has 0 aliphatic heterocycles. The molecule has 0 amide bonds. The smallest absolute Gasteiger partial charge is 0.338 e. The first kappa shape index (κ1) is 13.6. The Morgan fingerprint density at radius 2 is 1.59 bits per heavy atom. The Labute approximate surface area is 103 Å². The Hall–Kier alpha value is -1.51. The lowest BCUT2D eigenvalue weighted by Gasteiger charge is -2.20. The zero-order valence-corrected chi connectivity index (χ0v) is 11.4. The van der Waals surface area contributed by atoms with Gasteiger partial charge in [-0.15, -0.1) is 0 Å². The van der Waals surface area contributed by atoms with Gasteiger partial charge in [-0.25, -0.2) is 4.79 Å². The zero-order valence-electron chi connectivity index (χ0n) is 11.4. The van der Waals surface area contributed by atoms with Crippen molar-refractivity contribution in [1.29, 1.82) is 0 Å².